The molecule has 2 heterocycles. The lowest BCUT2D eigenvalue weighted by atomic mass is 9.48. The summed E-state index contributed by atoms with van der Waals surface area (Å²) in [4.78, 5) is 56.2. The molecule has 7 rings (SSSR count). The maximum atomic E-state index is 14.2. The zero-order valence-corrected chi connectivity index (χ0v) is 20.3. The third kappa shape index (κ3) is 2.54. The van der Waals surface area contributed by atoms with Gasteiger partial charge in [0.05, 0.1) is 29.4 Å². The van der Waals surface area contributed by atoms with Gasteiger partial charge in [0.15, 0.2) is 0 Å². The van der Waals surface area contributed by atoms with Crippen LogP contribution in [0.2, 0.25) is 0 Å². The molecule has 0 radical (unpaired) electrons. The summed E-state index contributed by atoms with van der Waals surface area (Å²) in [6.45, 7) is 5.54. The number of ether oxygens (including phenoxy) is 1. The van der Waals surface area contributed by atoms with Crippen LogP contribution in [-0.2, 0) is 24.5 Å². The van der Waals surface area contributed by atoms with Gasteiger partial charge in [0.2, 0.25) is 11.8 Å². The number of thiophene rings is 1. The summed E-state index contributed by atoms with van der Waals surface area (Å²) in [6.07, 6.45) is 0.851. The molecule has 176 valence electrons. The molecule has 1 aliphatic heterocycles. The van der Waals surface area contributed by atoms with Crippen molar-refractivity contribution in [3.05, 3.63) is 86.8 Å². The molecule has 1 aromatic heterocycles. The third-order valence-electron chi connectivity index (χ3n) is 7.92. The van der Waals surface area contributed by atoms with Gasteiger partial charge in [0.1, 0.15) is 11.3 Å². The van der Waals surface area contributed by atoms with Gasteiger partial charge in [-0.05, 0) is 48.6 Å². The predicted octanol–water partition coefficient (Wildman–Crippen LogP) is 4.29. The number of nitrogens with zero attached hydrogens (tertiary/aromatic N) is 1. The Morgan fingerprint density at radius 3 is 2.20 bits per heavy atom. The first kappa shape index (κ1) is 21.9. The highest BCUT2D eigenvalue weighted by Gasteiger charge is 2.68. The molecule has 6 nitrogen and oxygen atoms in total. The zero-order valence-electron chi connectivity index (χ0n) is 19.5. The normalized spacial score (nSPS) is 25.8. The van der Waals surface area contributed by atoms with Crippen LogP contribution < -0.4 is 4.90 Å². The number of hydrogen-bond donors (Lipinski definition) is 0. The first-order valence-corrected chi connectivity index (χ1v) is 12.5. The van der Waals surface area contributed by atoms with Crippen LogP contribution >= 0.6 is 11.3 Å². The lowest BCUT2D eigenvalue weighted by molar-refractivity contribution is -0.128. The summed E-state index contributed by atoms with van der Waals surface area (Å²) in [5.41, 5.74) is 3.06. The van der Waals surface area contributed by atoms with E-state index in [9.17, 15) is 19.2 Å². The van der Waals surface area contributed by atoms with Gasteiger partial charge in [0, 0.05) is 10.8 Å². The molecule has 4 aliphatic rings. The Balaban J connectivity index is 1.60. The van der Waals surface area contributed by atoms with E-state index in [4.69, 9.17) is 4.74 Å². The Bertz CT molecular complexity index is 1410. The molecule has 7 heteroatoms. The second-order valence-electron chi connectivity index (χ2n) is 9.34. The van der Waals surface area contributed by atoms with Crippen LogP contribution in [0.1, 0.15) is 55.9 Å². The lowest BCUT2D eigenvalue weighted by Gasteiger charge is -2.51. The summed E-state index contributed by atoms with van der Waals surface area (Å²) in [5, 5.41) is 0.288. The molecule has 2 bridgehead atoms. The second kappa shape index (κ2) is 7.46. The van der Waals surface area contributed by atoms with Crippen LogP contribution in [0.5, 0.6) is 0 Å². The summed E-state index contributed by atoms with van der Waals surface area (Å²) in [7, 11) is 0. The Morgan fingerprint density at radius 2 is 1.63 bits per heavy atom. The monoisotopic (exact) mass is 485 g/mol. The molecule has 35 heavy (non-hydrogen) atoms. The molecule has 1 saturated heterocycles. The molecule has 2 amide bonds. The van der Waals surface area contributed by atoms with Crippen LogP contribution in [0.3, 0.4) is 0 Å². The van der Waals surface area contributed by atoms with Crippen LogP contribution in [0.15, 0.2) is 48.5 Å². The average Bonchev–Trinajstić information content (AvgIpc) is 3.31. The maximum absolute atomic E-state index is 14.2. The number of imide groups is 1. The van der Waals surface area contributed by atoms with E-state index in [1.807, 2.05) is 55.5 Å². The largest absolute Gasteiger partial charge is 0.462 e. The average molecular weight is 486 g/mol. The van der Waals surface area contributed by atoms with Gasteiger partial charge in [-0.1, -0.05) is 48.5 Å². The summed E-state index contributed by atoms with van der Waals surface area (Å²) >= 11 is 1.24. The van der Waals surface area contributed by atoms with Crippen molar-refractivity contribution < 1.29 is 23.9 Å². The molecule has 2 atom stereocenters. The number of benzene rings is 2. The molecule has 2 aromatic carbocycles. The van der Waals surface area contributed by atoms with Gasteiger partial charge in [-0.25, -0.2) is 9.69 Å². The van der Waals surface area contributed by atoms with Gasteiger partial charge < -0.3 is 9.53 Å². The minimum absolute atomic E-state index is 0.181. The summed E-state index contributed by atoms with van der Waals surface area (Å²) < 4.78 is 5.27. The Hall–Kier alpha value is -3.58. The first-order chi connectivity index (χ1) is 16.9. The van der Waals surface area contributed by atoms with E-state index in [0.29, 0.717) is 5.56 Å². The Morgan fingerprint density at radius 1 is 1.03 bits per heavy atom. The van der Waals surface area contributed by atoms with Crippen molar-refractivity contribution in [2.75, 3.05) is 11.5 Å². The van der Waals surface area contributed by atoms with Gasteiger partial charge >= 0.3 is 5.97 Å². The molecular weight excluding hydrogens is 462 g/mol. The van der Waals surface area contributed by atoms with Gasteiger partial charge in [-0.3, -0.25) is 9.59 Å². The second-order valence-corrected chi connectivity index (χ2v) is 10.5. The minimum Gasteiger partial charge on any atom is -0.462 e. The van der Waals surface area contributed by atoms with E-state index in [1.54, 1.807) is 13.8 Å². The number of rotatable bonds is 4. The van der Waals surface area contributed by atoms with Crippen molar-refractivity contribution in [3.63, 3.8) is 0 Å². The molecular formula is C28H23NO5S. The molecule has 0 spiro atoms. The number of carbonyl (C=O) groups is 4. The lowest BCUT2D eigenvalue weighted by Crippen LogP contribution is -2.54. The maximum Gasteiger partial charge on any atom is 0.341 e. The van der Waals surface area contributed by atoms with E-state index < -0.39 is 29.1 Å². The van der Waals surface area contributed by atoms with Gasteiger partial charge in [-0.2, -0.15) is 0 Å². The quantitative estimate of drug-likeness (QED) is 0.313. The fourth-order valence-corrected chi connectivity index (χ4v) is 7.60. The Labute approximate surface area is 206 Å². The topological polar surface area (TPSA) is 80.8 Å². The van der Waals surface area contributed by atoms with E-state index in [1.165, 1.54) is 11.3 Å². The molecule has 3 aromatic rings. The summed E-state index contributed by atoms with van der Waals surface area (Å²) in [6, 6.07) is 15.2. The highest BCUT2D eigenvalue weighted by atomic mass is 32.1. The smallest absolute Gasteiger partial charge is 0.341 e. The Kier molecular flexibility index (Phi) is 4.67. The van der Waals surface area contributed by atoms with Crippen molar-refractivity contribution in [3.8, 4) is 0 Å². The van der Waals surface area contributed by atoms with Crippen LogP contribution in [0.4, 0.5) is 5.00 Å². The van der Waals surface area contributed by atoms with E-state index >= 15 is 0 Å². The van der Waals surface area contributed by atoms with E-state index in [0.717, 1.165) is 38.3 Å². The van der Waals surface area contributed by atoms with Crippen molar-refractivity contribution in [1.82, 2.24) is 0 Å². The highest BCUT2D eigenvalue weighted by molar-refractivity contribution is 7.17. The van der Waals surface area contributed by atoms with Gasteiger partial charge in [0.25, 0.3) is 0 Å². The van der Waals surface area contributed by atoms with Crippen LogP contribution in [0, 0.1) is 25.7 Å². The number of amides is 2. The molecule has 2 unspecified atom stereocenters. The number of aldehydes is 1. The number of hydrogen-bond acceptors (Lipinski definition) is 6. The van der Waals surface area contributed by atoms with Crippen LogP contribution in [0.25, 0.3) is 0 Å². The van der Waals surface area contributed by atoms with Gasteiger partial charge in [-0.15, -0.1) is 11.3 Å². The zero-order chi connectivity index (χ0) is 24.6. The summed E-state index contributed by atoms with van der Waals surface area (Å²) in [5.74, 6) is -3.31. The van der Waals surface area contributed by atoms with Crippen molar-refractivity contribution in [2.45, 2.75) is 32.1 Å². The molecule has 3 aliphatic carbocycles. The first-order valence-electron chi connectivity index (χ1n) is 11.7. The fourth-order valence-electron chi connectivity index (χ4n) is 6.44. The standard InChI is InChI=1S/C28H23NO5S/c1-4-34-27(33)20-14(2)15(3)35-26(20)29-24(31)22-21-16-9-5-7-11-18(16)28(13-30,23(22)25(29)32)19-12-8-6-10-17(19)21/h5-13,21-23H,4H2,1-3H3. The van der Waals surface area contributed by atoms with E-state index in [-0.39, 0.29) is 29.0 Å². The van der Waals surface area contributed by atoms with Crippen molar-refractivity contribution in [1.29, 1.82) is 0 Å². The molecule has 0 saturated carbocycles. The number of aryl methyl sites for hydroxylation is 1. The SMILES string of the molecule is CCOC(=O)c1c(N2C(=O)C3C4c5ccccc5C(C=O)(c5ccccc54)C3C2=O)sc(C)c1C. The van der Waals surface area contributed by atoms with Crippen molar-refractivity contribution in [2.24, 2.45) is 11.8 Å². The molecule has 0 N–H and O–H groups in total. The van der Waals surface area contributed by atoms with E-state index in [2.05, 4.69) is 0 Å². The number of carbonyl (C=O) groups excluding carboxylic acids is 4. The fraction of sp³-hybridized carbons (Fsp3) is 0.286. The highest BCUT2D eigenvalue weighted by Crippen LogP contribution is 2.64. The molecule has 1 fully saturated rings. The third-order valence-corrected chi connectivity index (χ3v) is 9.11. The predicted molar refractivity (Wildman–Crippen MR) is 131 cm³/mol. The number of anilines is 1. The van der Waals surface area contributed by atoms with Crippen LogP contribution in [-0.4, -0.2) is 30.7 Å². The minimum atomic E-state index is -1.26. The van der Waals surface area contributed by atoms with Crippen molar-refractivity contribution >= 4 is 40.4 Å². The number of esters is 1.